The lowest BCUT2D eigenvalue weighted by Gasteiger charge is -2.39. The third kappa shape index (κ3) is 7.76. The molecule has 61 heavy (non-hydrogen) atoms. The van der Waals surface area contributed by atoms with Crippen molar-refractivity contribution in [2.24, 2.45) is 51.2 Å². The molecule has 0 aromatic rings. The molecule has 7 rings (SSSR count). The predicted octanol–water partition coefficient (Wildman–Crippen LogP) is 6.91. The molecule has 1 heterocycles. The van der Waals surface area contributed by atoms with Gasteiger partial charge in [0.15, 0.2) is 0 Å². The van der Waals surface area contributed by atoms with Crippen molar-refractivity contribution in [1.82, 2.24) is 25.6 Å². The summed E-state index contributed by atoms with van der Waals surface area (Å²) < 4.78 is 28.6. The highest BCUT2D eigenvalue weighted by Crippen LogP contribution is 2.88. The second-order valence-electron chi connectivity index (χ2n) is 23.0. The summed E-state index contributed by atoms with van der Waals surface area (Å²) in [6, 6.07) is -2.67. The number of nitrogens with one attached hydrogen (secondary N) is 4. The van der Waals surface area contributed by atoms with Gasteiger partial charge in [-0.25, -0.2) is 8.42 Å². The summed E-state index contributed by atoms with van der Waals surface area (Å²) in [7, 11) is -3.96. The summed E-state index contributed by atoms with van der Waals surface area (Å²) in [6.45, 7) is 18.9. The van der Waals surface area contributed by atoms with Gasteiger partial charge in [-0.2, -0.15) is 0 Å². The second kappa shape index (κ2) is 16.4. The van der Waals surface area contributed by atoms with Crippen LogP contribution in [0, 0.1) is 51.2 Å². The SMILES string of the molecule is CCCC1(S(=O)(=O)NC(=O)[C@@]2(NC(=O)[C@@H]3C[C@@]4(CN3C(=O)[C@@H](NC(=O)[C@@H](NC(=O)[C@@H]3CCCCC3C(C)C)C3CCCCC3)C(C)(C)C)C(C)(C)C43CCC3)C[C@H]2CC)CC1. The number of nitrogens with zero attached hydrogens (tertiary/aromatic N) is 1. The Balaban J connectivity index is 1.15. The van der Waals surface area contributed by atoms with Crippen molar-refractivity contribution in [2.75, 3.05) is 6.54 Å². The largest absolute Gasteiger partial charge is 0.344 e. The summed E-state index contributed by atoms with van der Waals surface area (Å²) in [5.74, 6) is -1.68. The molecule has 13 heteroatoms. The average molecular weight is 870 g/mol. The van der Waals surface area contributed by atoms with E-state index in [0.29, 0.717) is 57.4 Å². The Labute approximate surface area is 366 Å². The van der Waals surface area contributed by atoms with E-state index in [1.807, 2.05) is 34.6 Å². The minimum atomic E-state index is -3.96. The normalized spacial score (nSPS) is 33.3. The van der Waals surface area contributed by atoms with E-state index in [0.717, 1.165) is 77.0 Å². The first-order valence-electron chi connectivity index (χ1n) is 24.4. The van der Waals surface area contributed by atoms with Crippen LogP contribution in [0.2, 0.25) is 0 Å². The van der Waals surface area contributed by atoms with Crippen LogP contribution in [0.5, 0.6) is 0 Å². The average Bonchev–Trinajstić information content (AvgIpc) is 4.13. The van der Waals surface area contributed by atoms with E-state index in [4.69, 9.17) is 0 Å². The van der Waals surface area contributed by atoms with Crippen LogP contribution in [0.4, 0.5) is 0 Å². The number of amides is 5. The van der Waals surface area contributed by atoms with Crippen LogP contribution in [0.25, 0.3) is 0 Å². The van der Waals surface area contributed by atoms with Gasteiger partial charge < -0.3 is 20.9 Å². The van der Waals surface area contributed by atoms with Gasteiger partial charge in [0.25, 0.3) is 5.91 Å². The smallest absolute Gasteiger partial charge is 0.259 e. The quantitative estimate of drug-likeness (QED) is 0.139. The van der Waals surface area contributed by atoms with Gasteiger partial charge >= 0.3 is 0 Å². The summed E-state index contributed by atoms with van der Waals surface area (Å²) in [6.07, 6.45) is 15.3. The molecule has 12 nitrogen and oxygen atoms in total. The Bertz CT molecular complexity index is 1840. The first-order chi connectivity index (χ1) is 28.6. The molecule has 4 N–H and O–H groups in total. The monoisotopic (exact) mass is 870 g/mol. The van der Waals surface area contributed by atoms with Crippen LogP contribution in [0.1, 0.15) is 184 Å². The molecule has 0 aromatic heterocycles. The zero-order valence-electron chi connectivity index (χ0n) is 39.0. The fourth-order valence-corrected chi connectivity index (χ4v) is 15.5. The molecular weight excluding hydrogens is 791 g/mol. The van der Waals surface area contributed by atoms with Crippen molar-refractivity contribution in [3.63, 3.8) is 0 Å². The number of carbonyl (C=O) groups is 5. The summed E-state index contributed by atoms with van der Waals surface area (Å²) in [4.78, 5) is 74.9. The van der Waals surface area contributed by atoms with Crippen LogP contribution in [0.15, 0.2) is 0 Å². The number of sulfonamides is 1. The van der Waals surface area contributed by atoms with Gasteiger partial charge in [0, 0.05) is 17.9 Å². The minimum absolute atomic E-state index is 0.00387. The lowest BCUT2D eigenvalue weighted by atomic mass is 9.73. The Morgan fingerprint density at radius 3 is 1.95 bits per heavy atom. The molecule has 7 aliphatic rings. The van der Waals surface area contributed by atoms with E-state index >= 15 is 4.79 Å². The maximum atomic E-state index is 15.4. The van der Waals surface area contributed by atoms with Gasteiger partial charge in [0.2, 0.25) is 33.7 Å². The van der Waals surface area contributed by atoms with Crippen molar-refractivity contribution in [1.29, 1.82) is 0 Å². The molecule has 0 radical (unpaired) electrons. The molecule has 1 saturated heterocycles. The zero-order chi connectivity index (χ0) is 44.6. The number of hydrogen-bond acceptors (Lipinski definition) is 7. The number of hydrogen-bond donors (Lipinski definition) is 4. The molecule has 344 valence electrons. The highest BCUT2D eigenvalue weighted by molar-refractivity contribution is 7.91. The third-order valence-electron chi connectivity index (χ3n) is 18.2. The van der Waals surface area contributed by atoms with Gasteiger partial charge in [0.05, 0.1) is 4.75 Å². The van der Waals surface area contributed by atoms with E-state index in [-0.39, 0.29) is 57.6 Å². The van der Waals surface area contributed by atoms with Gasteiger partial charge in [-0.15, -0.1) is 0 Å². The van der Waals surface area contributed by atoms with Crippen molar-refractivity contribution in [3.05, 3.63) is 0 Å². The number of likely N-dealkylation sites (tertiary alicyclic amines) is 1. The Hall–Kier alpha value is -2.70. The minimum Gasteiger partial charge on any atom is -0.344 e. The number of carbonyl (C=O) groups excluding carboxylic acids is 5. The molecule has 2 spiro atoms. The predicted molar refractivity (Wildman–Crippen MR) is 236 cm³/mol. The molecule has 1 unspecified atom stereocenters. The number of rotatable bonds is 15. The summed E-state index contributed by atoms with van der Waals surface area (Å²) in [5, 5.41) is 9.53. The molecule has 0 aromatic carbocycles. The molecule has 0 bridgehead atoms. The first-order valence-corrected chi connectivity index (χ1v) is 25.9. The highest BCUT2D eigenvalue weighted by atomic mass is 32.2. The molecule has 6 aliphatic carbocycles. The first kappa shape index (κ1) is 46.3. The third-order valence-corrected chi connectivity index (χ3v) is 20.4. The van der Waals surface area contributed by atoms with E-state index in [2.05, 4.69) is 48.4 Å². The zero-order valence-corrected chi connectivity index (χ0v) is 39.8. The van der Waals surface area contributed by atoms with Gasteiger partial charge in [-0.05, 0) is 111 Å². The second-order valence-corrected chi connectivity index (χ2v) is 25.0. The molecule has 6 saturated carbocycles. The fraction of sp³-hybridized carbons (Fsp3) is 0.896. The van der Waals surface area contributed by atoms with Crippen molar-refractivity contribution < 1.29 is 32.4 Å². The van der Waals surface area contributed by atoms with Crippen molar-refractivity contribution >= 4 is 39.6 Å². The maximum Gasteiger partial charge on any atom is 0.259 e. The topological polar surface area (TPSA) is 171 Å². The summed E-state index contributed by atoms with van der Waals surface area (Å²) in [5.41, 5.74) is -2.56. The Morgan fingerprint density at radius 1 is 0.787 bits per heavy atom. The summed E-state index contributed by atoms with van der Waals surface area (Å²) >= 11 is 0. The van der Waals surface area contributed by atoms with Crippen molar-refractivity contribution in [2.45, 2.75) is 213 Å². The van der Waals surface area contributed by atoms with Crippen LogP contribution in [0.3, 0.4) is 0 Å². The van der Waals surface area contributed by atoms with Crippen LogP contribution in [-0.4, -0.2) is 77.8 Å². The van der Waals surface area contributed by atoms with E-state index in [1.165, 1.54) is 0 Å². The van der Waals surface area contributed by atoms with Gasteiger partial charge in [-0.1, -0.05) is 114 Å². The van der Waals surface area contributed by atoms with Crippen LogP contribution < -0.4 is 20.7 Å². The van der Waals surface area contributed by atoms with Crippen LogP contribution >= 0.6 is 0 Å². The van der Waals surface area contributed by atoms with E-state index < -0.39 is 55.7 Å². The molecular formula is C48H79N5O7S. The fourth-order valence-electron chi connectivity index (χ4n) is 13.7. The van der Waals surface area contributed by atoms with Crippen molar-refractivity contribution in [3.8, 4) is 0 Å². The molecule has 8 atom stereocenters. The van der Waals surface area contributed by atoms with Gasteiger partial charge in [-0.3, -0.25) is 28.7 Å². The number of fused-ring (bicyclic) bond motifs is 1. The molecule has 1 aliphatic heterocycles. The Morgan fingerprint density at radius 2 is 1.43 bits per heavy atom. The van der Waals surface area contributed by atoms with E-state index in [1.54, 1.807) is 4.90 Å². The van der Waals surface area contributed by atoms with Gasteiger partial charge in [0.1, 0.15) is 23.7 Å². The maximum absolute atomic E-state index is 15.4. The molecule has 7 fully saturated rings. The van der Waals surface area contributed by atoms with Crippen LogP contribution in [-0.2, 0) is 34.0 Å². The molecule has 5 amide bonds. The lowest BCUT2D eigenvalue weighted by molar-refractivity contribution is -0.145. The highest BCUT2D eigenvalue weighted by Gasteiger charge is 2.85. The van der Waals surface area contributed by atoms with E-state index in [9.17, 15) is 27.6 Å². The standard InChI is InChI=1S/C48H79N5O7S/c1-10-22-45(25-26-45)61(59,60)52-42(58)48(27-32(48)11-2)51-39(55)35-28-47(44(8,9)46(47)23-17-24-46)29-53(35)41(57)37(43(5,6)7)50-40(56)36(31-18-13-12-14-19-31)49-38(54)34-21-16-15-20-33(34)30(3)4/h30-37H,10-29H2,1-9H3,(H,49,54)(H,50,56)(H,51,55)(H,52,58)/t32-,33?,34-,35+,36+,37-,47-,48-/m1/s1. The lowest BCUT2D eigenvalue weighted by Crippen LogP contribution is -2.62. The Kier molecular flexibility index (Phi) is 12.4.